The van der Waals surface area contributed by atoms with E-state index >= 15 is 0 Å². The van der Waals surface area contributed by atoms with E-state index in [0.29, 0.717) is 22.3 Å². The standard InChI is InChI=1S/C18H14N2O4S/c1-10(21)16-9-12-15(20(16)11(2)22)8-7-14-18(12)25(23,24)17-6-4-3-5-13(17)19-14/h3-9,19H,1-2H3. The first-order valence-corrected chi connectivity index (χ1v) is 9.12. The van der Waals surface area contributed by atoms with Gasteiger partial charge in [-0.05, 0) is 30.3 Å². The molecule has 0 aliphatic carbocycles. The van der Waals surface area contributed by atoms with Gasteiger partial charge in [0.2, 0.25) is 15.7 Å². The number of anilines is 2. The van der Waals surface area contributed by atoms with Crippen molar-refractivity contribution >= 4 is 43.8 Å². The fraction of sp³-hybridized carbons (Fsp3) is 0.111. The zero-order valence-corrected chi connectivity index (χ0v) is 14.3. The van der Waals surface area contributed by atoms with Crippen LogP contribution in [0.2, 0.25) is 0 Å². The fourth-order valence-electron chi connectivity index (χ4n) is 3.30. The molecular weight excluding hydrogens is 340 g/mol. The Morgan fingerprint density at radius 3 is 2.40 bits per heavy atom. The Kier molecular flexibility index (Phi) is 3.14. The Bertz CT molecular complexity index is 1190. The lowest BCUT2D eigenvalue weighted by Gasteiger charge is -2.22. The van der Waals surface area contributed by atoms with E-state index in [1.54, 1.807) is 30.3 Å². The maximum Gasteiger partial charge on any atom is 0.228 e. The number of hydrogen-bond acceptors (Lipinski definition) is 5. The molecule has 0 saturated heterocycles. The molecule has 1 N–H and O–H groups in total. The maximum absolute atomic E-state index is 13.2. The summed E-state index contributed by atoms with van der Waals surface area (Å²) in [5, 5.41) is 3.48. The summed E-state index contributed by atoms with van der Waals surface area (Å²) in [6.45, 7) is 2.69. The highest BCUT2D eigenvalue weighted by Crippen LogP contribution is 2.43. The molecule has 0 fully saturated rings. The van der Waals surface area contributed by atoms with Gasteiger partial charge in [-0.1, -0.05) is 12.1 Å². The summed E-state index contributed by atoms with van der Waals surface area (Å²) >= 11 is 0. The topological polar surface area (TPSA) is 85.2 Å². The van der Waals surface area contributed by atoms with Crippen molar-refractivity contribution in [2.75, 3.05) is 5.32 Å². The van der Waals surface area contributed by atoms with Crippen molar-refractivity contribution in [1.82, 2.24) is 4.57 Å². The Labute approximate surface area is 144 Å². The molecule has 0 bridgehead atoms. The van der Waals surface area contributed by atoms with Gasteiger partial charge in [0.25, 0.3) is 0 Å². The van der Waals surface area contributed by atoms with Gasteiger partial charge in [0.05, 0.1) is 27.5 Å². The van der Waals surface area contributed by atoms with E-state index in [1.807, 2.05) is 0 Å². The summed E-state index contributed by atoms with van der Waals surface area (Å²) < 4.78 is 27.6. The number of hydrogen-bond donors (Lipinski definition) is 1. The van der Waals surface area contributed by atoms with Crippen LogP contribution in [-0.4, -0.2) is 24.7 Å². The molecule has 0 radical (unpaired) electrons. The van der Waals surface area contributed by atoms with Gasteiger partial charge < -0.3 is 5.32 Å². The van der Waals surface area contributed by atoms with Gasteiger partial charge in [0.1, 0.15) is 4.90 Å². The Morgan fingerprint density at radius 2 is 1.72 bits per heavy atom. The highest BCUT2D eigenvalue weighted by molar-refractivity contribution is 7.92. The first kappa shape index (κ1) is 15.6. The van der Waals surface area contributed by atoms with Gasteiger partial charge in [-0.2, -0.15) is 0 Å². The quantitative estimate of drug-likeness (QED) is 0.530. The minimum Gasteiger partial charge on any atom is -0.353 e. The minimum absolute atomic E-state index is 0.0891. The fourth-order valence-corrected chi connectivity index (χ4v) is 5.05. The van der Waals surface area contributed by atoms with Crippen LogP contribution < -0.4 is 5.32 Å². The lowest BCUT2D eigenvalue weighted by Crippen LogP contribution is -2.14. The zero-order valence-electron chi connectivity index (χ0n) is 13.5. The smallest absolute Gasteiger partial charge is 0.228 e. The first-order valence-electron chi connectivity index (χ1n) is 7.64. The van der Waals surface area contributed by atoms with E-state index in [1.165, 1.54) is 30.5 Å². The van der Waals surface area contributed by atoms with Crippen LogP contribution in [0.5, 0.6) is 0 Å². The highest BCUT2D eigenvalue weighted by Gasteiger charge is 2.33. The number of aromatic nitrogens is 1. The lowest BCUT2D eigenvalue weighted by molar-refractivity contribution is 0.0913. The largest absolute Gasteiger partial charge is 0.353 e. The third-order valence-electron chi connectivity index (χ3n) is 4.33. The summed E-state index contributed by atoms with van der Waals surface area (Å²) in [4.78, 5) is 24.2. The third kappa shape index (κ3) is 2.05. The van der Waals surface area contributed by atoms with E-state index in [-0.39, 0.29) is 27.2 Å². The molecule has 2 heterocycles. The number of Topliss-reactive ketones (excluding diaryl/α,β-unsaturated/α-hetero) is 1. The Morgan fingerprint density at radius 1 is 1.00 bits per heavy atom. The van der Waals surface area contributed by atoms with Crippen molar-refractivity contribution in [3.05, 3.63) is 48.2 Å². The van der Waals surface area contributed by atoms with E-state index < -0.39 is 9.84 Å². The molecule has 1 aliphatic rings. The summed E-state index contributed by atoms with van der Waals surface area (Å²) in [5.74, 6) is -0.650. The maximum atomic E-state index is 13.2. The average Bonchev–Trinajstić information content (AvgIpc) is 2.94. The van der Waals surface area contributed by atoms with Crippen LogP contribution in [0.15, 0.2) is 52.3 Å². The monoisotopic (exact) mass is 354 g/mol. The summed E-state index contributed by atoms with van der Waals surface area (Å²) in [5.41, 5.74) is 1.51. The van der Waals surface area contributed by atoms with Crippen LogP contribution in [-0.2, 0) is 9.84 Å². The van der Waals surface area contributed by atoms with Crippen LogP contribution in [0.3, 0.4) is 0 Å². The number of nitrogens with one attached hydrogen (secondary N) is 1. The number of fused-ring (bicyclic) bond motifs is 4. The predicted octanol–water partition coefficient (Wildman–Crippen LogP) is 3.39. The predicted molar refractivity (Wildman–Crippen MR) is 93.4 cm³/mol. The molecule has 0 unspecified atom stereocenters. The molecule has 0 saturated carbocycles. The second kappa shape index (κ2) is 5.03. The highest BCUT2D eigenvalue weighted by atomic mass is 32.2. The first-order chi connectivity index (χ1) is 11.8. The molecule has 0 spiro atoms. The van der Waals surface area contributed by atoms with E-state index in [0.717, 1.165) is 0 Å². The van der Waals surface area contributed by atoms with Crippen molar-refractivity contribution < 1.29 is 18.0 Å². The summed E-state index contributed by atoms with van der Waals surface area (Å²) in [7, 11) is -3.78. The lowest BCUT2D eigenvalue weighted by atomic mass is 10.2. The second-order valence-electron chi connectivity index (χ2n) is 5.94. The van der Waals surface area contributed by atoms with Gasteiger partial charge >= 0.3 is 0 Å². The molecule has 7 heteroatoms. The molecule has 3 aromatic rings. The molecular formula is C18H14N2O4S. The van der Waals surface area contributed by atoms with Crippen LogP contribution in [0, 0.1) is 0 Å². The molecule has 0 amide bonds. The van der Waals surface area contributed by atoms with Crippen molar-refractivity contribution in [1.29, 1.82) is 0 Å². The molecule has 6 nitrogen and oxygen atoms in total. The van der Waals surface area contributed by atoms with Crippen LogP contribution in [0.4, 0.5) is 11.4 Å². The van der Waals surface area contributed by atoms with E-state index in [2.05, 4.69) is 5.32 Å². The molecule has 2 aromatic carbocycles. The SMILES string of the molecule is CC(=O)c1cc2c3c(ccc2n1C(C)=O)Nc1ccccc1S3(=O)=O. The van der Waals surface area contributed by atoms with Crippen LogP contribution in [0.25, 0.3) is 10.9 Å². The van der Waals surface area contributed by atoms with Gasteiger partial charge in [-0.25, -0.2) is 8.42 Å². The van der Waals surface area contributed by atoms with Crippen molar-refractivity contribution in [3.63, 3.8) is 0 Å². The number of para-hydroxylation sites is 1. The Balaban J connectivity index is 2.14. The van der Waals surface area contributed by atoms with E-state index in [4.69, 9.17) is 0 Å². The number of sulfone groups is 1. The van der Waals surface area contributed by atoms with Crippen molar-refractivity contribution in [2.45, 2.75) is 23.6 Å². The third-order valence-corrected chi connectivity index (χ3v) is 6.24. The number of rotatable bonds is 1. The summed E-state index contributed by atoms with van der Waals surface area (Å²) in [6.07, 6.45) is 0. The number of nitrogens with zero attached hydrogens (tertiary/aromatic N) is 1. The molecule has 25 heavy (non-hydrogen) atoms. The van der Waals surface area contributed by atoms with Gasteiger partial charge in [-0.3, -0.25) is 14.2 Å². The average molecular weight is 354 g/mol. The van der Waals surface area contributed by atoms with Crippen LogP contribution >= 0.6 is 0 Å². The minimum atomic E-state index is -3.78. The van der Waals surface area contributed by atoms with Crippen molar-refractivity contribution in [2.24, 2.45) is 0 Å². The summed E-state index contributed by atoms with van der Waals surface area (Å²) in [6, 6.07) is 11.4. The number of benzene rings is 2. The normalized spacial score (nSPS) is 14.5. The zero-order chi connectivity index (χ0) is 17.9. The Hall–Kier alpha value is -2.93. The molecule has 4 rings (SSSR count). The van der Waals surface area contributed by atoms with Gasteiger partial charge in [0.15, 0.2) is 5.78 Å². The molecule has 1 aliphatic heterocycles. The molecule has 126 valence electrons. The number of carbonyl (C=O) groups excluding carboxylic acids is 2. The van der Waals surface area contributed by atoms with Crippen molar-refractivity contribution in [3.8, 4) is 0 Å². The van der Waals surface area contributed by atoms with E-state index in [9.17, 15) is 18.0 Å². The molecule has 0 atom stereocenters. The van der Waals surface area contributed by atoms with Gasteiger partial charge in [0, 0.05) is 19.2 Å². The number of ketones is 1. The van der Waals surface area contributed by atoms with Gasteiger partial charge in [-0.15, -0.1) is 0 Å². The number of carbonyl (C=O) groups is 2. The van der Waals surface area contributed by atoms with Crippen LogP contribution in [0.1, 0.15) is 29.1 Å². The molecule has 1 aromatic heterocycles. The second-order valence-corrected chi connectivity index (χ2v) is 7.79.